The molecule has 0 saturated carbocycles. The fourth-order valence-electron chi connectivity index (χ4n) is 5.46. The van der Waals surface area contributed by atoms with E-state index in [9.17, 15) is 14.9 Å². The summed E-state index contributed by atoms with van der Waals surface area (Å²) in [6.07, 6.45) is 3.75. The van der Waals surface area contributed by atoms with Gasteiger partial charge in [-0.3, -0.25) is 9.69 Å². The molecular weight excluding hydrogens is 563 g/mol. The fraction of sp³-hybridized carbons (Fsp3) is 0.281. The Morgan fingerprint density at radius 3 is 2.70 bits per heavy atom. The Labute approximate surface area is 252 Å². The van der Waals surface area contributed by atoms with Gasteiger partial charge in [0, 0.05) is 36.9 Å². The lowest BCUT2D eigenvalue weighted by molar-refractivity contribution is 0.0196. The van der Waals surface area contributed by atoms with Gasteiger partial charge in [0.15, 0.2) is 5.65 Å². The molecule has 1 aliphatic rings. The van der Waals surface area contributed by atoms with Crippen molar-refractivity contribution < 1.29 is 18.7 Å². The van der Waals surface area contributed by atoms with Crippen LogP contribution in [0.25, 0.3) is 27.6 Å². The number of carbonyl (C=O) groups excluding carboxylic acids is 2. The number of likely N-dealkylation sites (tertiary alicyclic amines) is 1. The number of hydrogen-bond acceptors (Lipinski definition) is 8. The zero-order valence-electron chi connectivity index (χ0n) is 24.4. The summed E-state index contributed by atoms with van der Waals surface area (Å²) in [6, 6.07) is 16.2. The summed E-state index contributed by atoms with van der Waals surface area (Å²) in [5, 5.41) is 19.3. The van der Waals surface area contributed by atoms with E-state index in [1.807, 2.05) is 6.07 Å². The zero-order valence-corrected chi connectivity index (χ0v) is 24.4. The van der Waals surface area contributed by atoms with E-state index in [-0.39, 0.29) is 17.9 Å². The largest absolute Gasteiger partial charge is 0.444 e. The molecule has 222 valence electrons. The lowest BCUT2D eigenvalue weighted by Gasteiger charge is -2.39. The van der Waals surface area contributed by atoms with Gasteiger partial charge in [-0.1, -0.05) is 17.3 Å². The van der Waals surface area contributed by atoms with E-state index in [1.54, 1.807) is 74.5 Å². The van der Waals surface area contributed by atoms with Crippen LogP contribution in [-0.2, 0) is 4.74 Å². The zero-order chi connectivity index (χ0) is 31.0. The molecule has 1 fully saturated rings. The topological polar surface area (TPSA) is 130 Å². The summed E-state index contributed by atoms with van der Waals surface area (Å²) >= 11 is 0. The molecule has 4 heterocycles. The first kappa shape index (κ1) is 28.7. The van der Waals surface area contributed by atoms with Gasteiger partial charge in [-0.2, -0.15) is 9.94 Å². The van der Waals surface area contributed by atoms with Gasteiger partial charge in [-0.05, 0) is 75.4 Å². The van der Waals surface area contributed by atoms with Crippen LogP contribution >= 0.6 is 0 Å². The maximum atomic E-state index is 15.9. The van der Waals surface area contributed by atoms with Crippen LogP contribution < -0.4 is 4.90 Å². The summed E-state index contributed by atoms with van der Waals surface area (Å²) in [7, 11) is 0. The average Bonchev–Trinajstić information content (AvgIpc) is 3.44. The van der Waals surface area contributed by atoms with Crippen molar-refractivity contribution in [1.29, 1.82) is 5.26 Å². The van der Waals surface area contributed by atoms with E-state index in [2.05, 4.69) is 26.3 Å². The summed E-state index contributed by atoms with van der Waals surface area (Å²) in [6.45, 7) is 5.95. The van der Waals surface area contributed by atoms with E-state index < -0.39 is 29.5 Å². The average molecular weight is 593 g/mol. The Bertz CT molecular complexity index is 1940. The Kier molecular flexibility index (Phi) is 7.38. The van der Waals surface area contributed by atoms with Gasteiger partial charge < -0.3 is 9.64 Å². The van der Waals surface area contributed by atoms with Crippen molar-refractivity contribution in [2.45, 2.75) is 45.3 Å². The van der Waals surface area contributed by atoms with Gasteiger partial charge in [0.25, 0.3) is 5.91 Å². The van der Waals surface area contributed by atoms with Crippen LogP contribution in [0.1, 0.15) is 49.5 Å². The number of nitrogens with zero attached hydrogens (tertiary/aromatic N) is 8. The molecule has 0 bridgehead atoms. The normalized spacial score (nSPS) is 15.2. The second kappa shape index (κ2) is 11.3. The number of amides is 2. The smallest absolute Gasteiger partial charge is 0.410 e. The van der Waals surface area contributed by atoms with Crippen molar-refractivity contribution in [3.63, 3.8) is 0 Å². The highest BCUT2D eigenvalue weighted by molar-refractivity contribution is 6.11. The van der Waals surface area contributed by atoms with E-state index in [0.717, 1.165) is 0 Å². The van der Waals surface area contributed by atoms with Crippen molar-refractivity contribution >= 4 is 39.8 Å². The molecule has 0 spiro atoms. The Balaban J connectivity index is 1.43. The molecule has 0 N–H and O–H groups in total. The minimum Gasteiger partial charge on any atom is -0.444 e. The first-order valence-electron chi connectivity index (χ1n) is 14.2. The second-order valence-electron chi connectivity index (χ2n) is 11.6. The molecule has 0 radical (unpaired) electrons. The summed E-state index contributed by atoms with van der Waals surface area (Å²) in [5.74, 6) is -1.22. The number of anilines is 1. The van der Waals surface area contributed by atoms with E-state index >= 15 is 4.39 Å². The van der Waals surface area contributed by atoms with Crippen molar-refractivity contribution in [2.75, 3.05) is 18.0 Å². The minimum absolute atomic E-state index is 0.143. The van der Waals surface area contributed by atoms with Gasteiger partial charge in [-0.15, -0.1) is 5.10 Å². The first-order chi connectivity index (χ1) is 21.1. The highest BCUT2D eigenvalue weighted by Gasteiger charge is 2.36. The van der Waals surface area contributed by atoms with Crippen LogP contribution in [0.3, 0.4) is 0 Å². The molecule has 2 amide bonds. The fourth-order valence-corrected chi connectivity index (χ4v) is 5.46. The number of halogens is 1. The van der Waals surface area contributed by atoms with Crippen molar-refractivity contribution in [2.24, 2.45) is 0 Å². The molecule has 3 aromatic heterocycles. The number of piperidine rings is 1. The van der Waals surface area contributed by atoms with Gasteiger partial charge in [0.2, 0.25) is 0 Å². The number of hydrogen-bond donors (Lipinski definition) is 0. The SMILES string of the molecule is CC(C)(C)OC(=O)N1CCC[C@@H](N(C(=O)c2ccc(-n3nnc4cccnc43)cc2F)c2nccc3cccc(C#N)c23)C1. The summed E-state index contributed by atoms with van der Waals surface area (Å²) < 4.78 is 22.9. The number of fused-ring (bicyclic) bond motifs is 2. The van der Waals surface area contributed by atoms with Crippen LogP contribution in [0.2, 0.25) is 0 Å². The number of nitriles is 1. The third kappa shape index (κ3) is 5.40. The van der Waals surface area contributed by atoms with Gasteiger partial charge in [-0.25, -0.2) is 19.2 Å². The molecule has 12 heteroatoms. The number of ether oxygens (including phenoxy) is 1. The van der Waals surface area contributed by atoms with Gasteiger partial charge in [0.1, 0.15) is 22.8 Å². The number of aromatic nitrogens is 5. The van der Waals surface area contributed by atoms with Crippen molar-refractivity contribution in [3.05, 3.63) is 83.9 Å². The van der Waals surface area contributed by atoms with Crippen LogP contribution in [-0.4, -0.2) is 66.6 Å². The third-order valence-electron chi connectivity index (χ3n) is 7.39. The molecule has 0 unspecified atom stereocenters. The molecule has 5 aromatic rings. The number of benzene rings is 2. The molecular formula is C32H29FN8O3. The Hall–Kier alpha value is -5.44. The lowest BCUT2D eigenvalue weighted by atomic mass is 10.00. The Morgan fingerprint density at radius 1 is 1.09 bits per heavy atom. The van der Waals surface area contributed by atoms with Gasteiger partial charge in [0.05, 0.1) is 28.9 Å². The molecule has 6 rings (SSSR count). The molecule has 1 saturated heterocycles. The lowest BCUT2D eigenvalue weighted by Crippen LogP contribution is -2.53. The maximum absolute atomic E-state index is 15.9. The third-order valence-corrected chi connectivity index (χ3v) is 7.39. The summed E-state index contributed by atoms with van der Waals surface area (Å²) in [4.78, 5) is 39.3. The van der Waals surface area contributed by atoms with Crippen LogP contribution in [0.15, 0.2) is 67.0 Å². The summed E-state index contributed by atoms with van der Waals surface area (Å²) in [5.41, 5.74) is 0.755. The molecule has 2 aromatic carbocycles. The van der Waals surface area contributed by atoms with E-state index in [0.29, 0.717) is 52.6 Å². The van der Waals surface area contributed by atoms with Crippen LogP contribution in [0.5, 0.6) is 0 Å². The Morgan fingerprint density at radius 2 is 1.93 bits per heavy atom. The van der Waals surface area contributed by atoms with Crippen molar-refractivity contribution in [3.8, 4) is 11.8 Å². The van der Waals surface area contributed by atoms with Gasteiger partial charge >= 0.3 is 6.09 Å². The van der Waals surface area contributed by atoms with Crippen molar-refractivity contribution in [1.82, 2.24) is 29.9 Å². The molecule has 11 nitrogen and oxygen atoms in total. The van der Waals surface area contributed by atoms with Crippen LogP contribution in [0.4, 0.5) is 15.0 Å². The standard InChI is InChI=1S/C32H29FN8O3/c1-32(2,3)44-31(43)39-16-6-9-23(19-39)40(29-27-20(13-15-36-29)7-4-8-21(27)18-34)30(42)24-12-11-22(17-25(24)33)41-28-26(37-38-41)10-5-14-35-28/h4-5,7-8,10-15,17,23H,6,9,16,19H2,1-3H3/t23-/m1/s1. The highest BCUT2D eigenvalue weighted by Crippen LogP contribution is 2.33. The predicted octanol–water partition coefficient (Wildman–Crippen LogP) is 5.42. The second-order valence-corrected chi connectivity index (χ2v) is 11.6. The first-order valence-corrected chi connectivity index (χ1v) is 14.2. The molecule has 1 aliphatic heterocycles. The quantitative estimate of drug-likeness (QED) is 0.270. The highest BCUT2D eigenvalue weighted by atomic mass is 19.1. The van der Waals surface area contributed by atoms with Crippen LogP contribution in [0, 0.1) is 17.1 Å². The predicted molar refractivity (Wildman–Crippen MR) is 161 cm³/mol. The van der Waals surface area contributed by atoms with E-state index in [4.69, 9.17) is 4.74 Å². The number of rotatable bonds is 4. The number of pyridine rings is 2. The monoisotopic (exact) mass is 592 g/mol. The molecule has 1 atom stereocenters. The molecule has 44 heavy (non-hydrogen) atoms. The minimum atomic E-state index is -0.780. The maximum Gasteiger partial charge on any atom is 0.410 e. The number of carbonyl (C=O) groups is 2. The van der Waals surface area contributed by atoms with E-state index in [1.165, 1.54) is 21.7 Å². The molecule has 0 aliphatic carbocycles.